The zero-order chi connectivity index (χ0) is 11.7. The van der Waals surface area contributed by atoms with Crippen molar-refractivity contribution in [1.29, 1.82) is 0 Å². The second-order valence-electron chi connectivity index (χ2n) is 3.63. The van der Waals surface area contributed by atoms with E-state index < -0.39 is 5.82 Å². The molecule has 1 aromatic carbocycles. The van der Waals surface area contributed by atoms with Crippen molar-refractivity contribution in [3.05, 3.63) is 39.8 Å². The second kappa shape index (κ2) is 4.56. The number of aromatic nitrogens is 1. The second-order valence-corrected chi connectivity index (χ2v) is 4.44. The number of rotatable bonds is 2. The molecule has 0 aliphatic heterocycles. The zero-order valence-corrected chi connectivity index (χ0v) is 10.2. The van der Waals surface area contributed by atoms with Crippen LogP contribution in [0, 0.1) is 5.82 Å². The molecule has 0 saturated carbocycles. The Morgan fingerprint density at radius 3 is 2.56 bits per heavy atom. The predicted octanol–water partition coefficient (Wildman–Crippen LogP) is 4.63. The van der Waals surface area contributed by atoms with Gasteiger partial charge in [0.15, 0.2) is 0 Å². The highest BCUT2D eigenvalue weighted by Gasteiger charge is 2.09. The van der Waals surface area contributed by atoms with E-state index in [0.717, 1.165) is 18.5 Å². The lowest BCUT2D eigenvalue weighted by atomic mass is 10.1. The highest BCUT2D eigenvalue weighted by atomic mass is 35.5. The fraction of sp³-hybridized carbons (Fsp3) is 0.250. The molecule has 0 amide bonds. The van der Waals surface area contributed by atoms with Gasteiger partial charge < -0.3 is 0 Å². The van der Waals surface area contributed by atoms with E-state index in [1.807, 2.05) is 0 Å². The molecule has 1 nitrogen and oxygen atoms in total. The molecule has 0 radical (unpaired) electrons. The third-order valence-corrected chi connectivity index (χ3v) is 2.93. The third-order valence-electron chi connectivity index (χ3n) is 2.34. The van der Waals surface area contributed by atoms with Crippen LogP contribution in [0.1, 0.15) is 19.0 Å². The lowest BCUT2D eigenvalue weighted by Gasteiger charge is -2.06. The minimum atomic E-state index is -0.394. The molecule has 0 saturated heterocycles. The molecule has 0 aliphatic carbocycles. The Morgan fingerprint density at radius 1 is 1.19 bits per heavy atom. The number of pyridine rings is 1. The van der Waals surface area contributed by atoms with Crippen LogP contribution < -0.4 is 0 Å². The summed E-state index contributed by atoms with van der Waals surface area (Å²) in [6.07, 6.45) is 1.79. The fourth-order valence-electron chi connectivity index (χ4n) is 1.67. The molecular weight excluding hydrogens is 248 g/mol. The molecule has 84 valence electrons. The summed E-state index contributed by atoms with van der Waals surface area (Å²) < 4.78 is 13.2. The van der Waals surface area contributed by atoms with Gasteiger partial charge in [-0.1, -0.05) is 36.5 Å². The van der Waals surface area contributed by atoms with Crippen LogP contribution in [0.25, 0.3) is 10.9 Å². The first-order chi connectivity index (χ1) is 7.61. The van der Waals surface area contributed by atoms with Gasteiger partial charge in [0.05, 0.1) is 15.6 Å². The van der Waals surface area contributed by atoms with E-state index in [1.165, 1.54) is 12.1 Å². The van der Waals surface area contributed by atoms with Crippen molar-refractivity contribution in [2.24, 2.45) is 0 Å². The fourth-order valence-corrected chi connectivity index (χ4v) is 2.35. The lowest BCUT2D eigenvalue weighted by Crippen LogP contribution is -1.92. The van der Waals surface area contributed by atoms with E-state index in [9.17, 15) is 4.39 Å². The van der Waals surface area contributed by atoms with Crippen LogP contribution >= 0.6 is 23.2 Å². The SMILES string of the molecule is CCCc1cc(Cl)c2c(Cl)cc(F)cc2n1. The monoisotopic (exact) mass is 257 g/mol. The van der Waals surface area contributed by atoms with Crippen molar-refractivity contribution in [2.45, 2.75) is 19.8 Å². The van der Waals surface area contributed by atoms with Crippen molar-refractivity contribution in [1.82, 2.24) is 4.98 Å². The maximum atomic E-state index is 13.2. The van der Waals surface area contributed by atoms with Gasteiger partial charge in [-0.2, -0.15) is 0 Å². The summed E-state index contributed by atoms with van der Waals surface area (Å²) >= 11 is 12.0. The molecule has 16 heavy (non-hydrogen) atoms. The third kappa shape index (κ3) is 2.13. The number of hydrogen-bond donors (Lipinski definition) is 0. The summed E-state index contributed by atoms with van der Waals surface area (Å²) in [5.74, 6) is -0.394. The van der Waals surface area contributed by atoms with Crippen molar-refractivity contribution < 1.29 is 4.39 Å². The van der Waals surface area contributed by atoms with E-state index in [4.69, 9.17) is 23.2 Å². The van der Waals surface area contributed by atoms with Gasteiger partial charge in [-0.05, 0) is 18.6 Å². The van der Waals surface area contributed by atoms with Gasteiger partial charge in [-0.15, -0.1) is 0 Å². The topological polar surface area (TPSA) is 12.9 Å². The van der Waals surface area contributed by atoms with E-state index in [-0.39, 0.29) is 0 Å². The highest BCUT2D eigenvalue weighted by molar-refractivity contribution is 6.42. The molecule has 1 aromatic heterocycles. The summed E-state index contributed by atoms with van der Waals surface area (Å²) in [6.45, 7) is 2.05. The van der Waals surface area contributed by atoms with Crippen LogP contribution in [0.3, 0.4) is 0 Å². The van der Waals surface area contributed by atoms with Crippen molar-refractivity contribution in [2.75, 3.05) is 0 Å². The molecule has 2 aromatic rings. The summed E-state index contributed by atoms with van der Waals surface area (Å²) in [5.41, 5.74) is 1.38. The molecule has 1 heterocycles. The molecule has 0 atom stereocenters. The Kier molecular flexibility index (Phi) is 3.31. The van der Waals surface area contributed by atoms with Crippen molar-refractivity contribution >= 4 is 34.1 Å². The zero-order valence-electron chi connectivity index (χ0n) is 8.73. The predicted molar refractivity (Wildman–Crippen MR) is 65.7 cm³/mol. The van der Waals surface area contributed by atoms with Gasteiger partial charge >= 0.3 is 0 Å². The minimum absolute atomic E-state index is 0.301. The normalized spacial score (nSPS) is 11.0. The van der Waals surface area contributed by atoms with Gasteiger partial charge in [0.1, 0.15) is 5.82 Å². The minimum Gasteiger partial charge on any atom is -0.253 e. The average molecular weight is 258 g/mol. The molecule has 2 rings (SSSR count). The van der Waals surface area contributed by atoms with Gasteiger partial charge in [0, 0.05) is 17.1 Å². The number of aryl methyl sites for hydroxylation is 1. The van der Waals surface area contributed by atoms with Crippen LogP contribution in [0.4, 0.5) is 4.39 Å². The van der Waals surface area contributed by atoms with Crippen LogP contribution in [0.2, 0.25) is 10.0 Å². The van der Waals surface area contributed by atoms with Crippen molar-refractivity contribution in [3.8, 4) is 0 Å². The standard InChI is InChI=1S/C12H10Cl2FN/c1-2-3-8-6-10(14)12-9(13)4-7(15)5-11(12)16-8/h4-6H,2-3H2,1H3. The number of fused-ring (bicyclic) bond motifs is 1. The largest absolute Gasteiger partial charge is 0.253 e. The maximum Gasteiger partial charge on any atom is 0.126 e. The van der Waals surface area contributed by atoms with Gasteiger partial charge in [-0.25, -0.2) is 4.39 Å². The van der Waals surface area contributed by atoms with E-state index >= 15 is 0 Å². The molecule has 0 unspecified atom stereocenters. The number of benzene rings is 1. The molecule has 0 bridgehead atoms. The molecule has 0 N–H and O–H groups in total. The Morgan fingerprint density at radius 2 is 1.88 bits per heavy atom. The van der Waals surface area contributed by atoms with Crippen LogP contribution in [0.15, 0.2) is 18.2 Å². The number of nitrogens with zero attached hydrogens (tertiary/aromatic N) is 1. The van der Waals surface area contributed by atoms with Crippen LogP contribution in [0.5, 0.6) is 0 Å². The quantitative estimate of drug-likeness (QED) is 0.765. The van der Waals surface area contributed by atoms with Crippen LogP contribution in [-0.4, -0.2) is 4.98 Å². The summed E-state index contributed by atoms with van der Waals surface area (Å²) in [5, 5.41) is 1.44. The molecule has 0 spiro atoms. The number of halogens is 3. The van der Waals surface area contributed by atoms with Gasteiger partial charge in [0.2, 0.25) is 0 Å². The summed E-state index contributed by atoms with van der Waals surface area (Å²) in [6, 6.07) is 4.39. The van der Waals surface area contributed by atoms with E-state index in [2.05, 4.69) is 11.9 Å². The van der Waals surface area contributed by atoms with Crippen LogP contribution in [-0.2, 0) is 6.42 Å². The first kappa shape index (κ1) is 11.6. The van der Waals surface area contributed by atoms with E-state index in [1.54, 1.807) is 6.07 Å². The first-order valence-corrected chi connectivity index (χ1v) is 5.81. The lowest BCUT2D eigenvalue weighted by molar-refractivity contribution is 0.629. The smallest absolute Gasteiger partial charge is 0.126 e. The van der Waals surface area contributed by atoms with Gasteiger partial charge in [0.25, 0.3) is 0 Å². The summed E-state index contributed by atoms with van der Waals surface area (Å²) in [7, 11) is 0. The highest BCUT2D eigenvalue weighted by Crippen LogP contribution is 2.31. The Bertz CT molecular complexity index is 540. The Hall–Kier alpha value is -0.860. The maximum absolute atomic E-state index is 13.2. The Labute approximate surface area is 103 Å². The van der Waals surface area contributed by atoms with E-state index in [0.29, 0.717) is 20.9 Å². The number of hydrogen-bond acceptors (Lipinski definition) is 1. The summed E-state index contributed by atoms with van der Waals surface area (Å²) in [4.78, 5) is 4.34. The van der Waals surface area contributed by atoms with Gasteiger partial charge in [-0.3, -0.25) is 4.98 Å². The molecular formula is C12H10Cl2FN. The molecule has 0 aliphatic rings. The Balaban J connectivity index is 2.71. The molecule has 4 heteroatoms. The first-order valence-electron chi connectivity index (χ1n) is 5.06. The van der Waals surface area contributed by atoms with Crippen molar-refractivity contribution in [3.63, 3.8) is 0 Å². The molecule has 0 fully saturated rings. The average Bonchev–Trinajstić information content (AvgIpc) is 2.15.